The number of aliphatic hydroxyl groups excluding tert-OH is 1. The lowest BCUT2D eigenvalue weighted by atomic mass is 10.1. The van der Waals surface area contributed by atoms with Gasteiger partial charge in [-0.2, -0.15) is 0 Å². The number of rotatable bonds is 12. The van der Waals surface area contributed by atoms with Crippen molar-refractivity contribution in [3.63, 3.8) is 0 Å². The molecule has 0 aliphatic heterocycles. The summed E-state index contributed by atoms with van der Waals surface area (Å²) >= 11 is 0. The van der Waals surface area contributed by atoms with Crippen LogP contribution in [-0.2, 0) is 13.2 Å². The molecular weight excluding hydrogens is 542 g/mol. The van der Waals surface area contributed by atoms with E-state index in [1.54, 1.807) is 18.2 Å². The molecule has 4 aromatic carbocycles. The zero-order valence-corrected chi connectivity index (χ0v) is 24.7. The molecule has 1 atom stereocenters. The summed E-state index contributed by atoms with van der Waals surface area (Å²) in [7, 11) is 0. The van der Waals surface area contributed by atoms with E-state index in [2.05, 4.69) is 5.32 Å². The third-order valence-electron chi connectivity index (χ3n) is 6.67. The second-order valence-corrected chi connectivity index (χ2v) is 11.5. The molecule has 1 aromatic heterocycles. The maximum Gasteiger partial charge on any atom is 0.193 e. The van der Waals surface area contributed by atoms with Crippen molar-refractivity contribution in [2.45, 2.75) is 45.6 Å². The highest BCUT2D eigenvalue weighted by molar-refractivity contribution is 5.80. The lowest BCUT2D eigenvalue weighted by Gasteiger charge is -2.23. The summed E-state index contributed by atoms with van der Waals surface area (Å²) < 4.78 is 24.3. The number of benzene rings is 4. The van der Waals surface area contributed by atoms with Gasteiger partial charge in [-0.3, -0.25) is 4.79 Å². The van der Waals surface area contributed by atoms with Gasteiger partial charge in [-0.05, 0) is 56.2 Å². The van der Waals surface area contributed by atoms with Crippen molar-refractivity contribution >= 4 is 11.0 Å². The highest BCUT2D eigenvalue weighted by Crippen LogP contribution is 2.32. The van der Waals surface area contributed by atoms with Crippen LogP contribution in [0.4, 0.5) is 0 Å². The minimum atomic E-state index is -0.693. The van der Waals surface area contributed by atoms with Gasteiger partial charge in [0.25, 0.3) is 0 Å². The highest BCUT2D eigenvalue weighted by atomic mass is 16.5. The number of ether oxygens (including phenoxy) is 3. The van der Waals surface area contributed by atoms with E-state index in [-0.39, 0.29) is 17.6 Å². The van der Waals surface area contributed by atoms with Crippen LogP contribution in [0.5, 0.6) is 17.2 Å². The first kappa shape index (κ1) is 29.9. The summed E-state index contributed by atoms with van der Waals surface area (Å²) in [5.74, 6) is 2.04. The SMILES string of the molecule is CC(C)(C)NC[C@H](O)COc1ccc2c(=O)cc(-c3cc(OCc4ccccc4)cc(OCc4ccccc4)c3)oc2c1. The Balaban J connectivity index is 1.40. The summed E-state index contributed by atoms with van der Waals surface area (Å²) in [5, 5.41) is 14.0. The van der Waals surface area contributed by atoms with E-state index in [0.29, 0.717) is 59.3 Å². The fourth-order valence-electron chi connectivity index (χ4n) is 4.41. The molecule has 43 heavy (non-hydrogen) atoms. The number of β-amino-alcohol motifs (C(OH)–C–C–N with tert-alkyl or cyclic N) is 1. The Morgan fingerprint density at radius 2 is 1.35 bits per heavy atom. The van der Waals surface area contributed by atoms with Crippen LogP contribution in [0.15, 0.2) is 112 Å². The van der Waals surface area contributed by atoms with Crippen molar-refractivity contribution in [2.24, 2.45) is 0 Å². The monoisotopic (exact) mass is 579 g/mol. The van der Waals surface area contributed by atoms with E-state index < -0.39 is 6.10 Å². The Kier molecular flexibility index (Phi) is 9.45. The first-order valence-corrected chi connectivity index (χ1v) is 14.3. The Morgan fingerprint density at radius 1 is 0.744 bits per heavy atom. The standard InChI is InChI=1S/C36H37NO6/c1-36(2,3)37-21-28(38)24-42-29-14-15-32-33(39)20-34(43-35(32)19-29)27-16-30(40-22-25-10-6-4-7-11-25)18-31(17-27)41-23-26-12-8-5-9-13-26/h4-20,28,37-38H,21-24H2,1-3H3/t28-/m0/s1. The number of fused-ring (bicyclic) bond motifs is 1. The molecule has 0 aliphatic carbocycles. The van der Waals surface area contributed by atoms with Crippen LogP contribution in [0.1, 0.15) is 31.9 Å². The summed E-state index contributed by atoms with van der Waals surface area (Å²) in [4.78, 5) is 13.1. The largest absolute Gasteiger partial charge is 0.491 e. The second-order valence-electron chi connectivity index (χ2n) is 11.5. The van der Waals surface area contributed by atoms with Gasteiger partial charge < -0.3 is 29.1 Å². The van der Waals surface area contributed by atoms with E-state index >= 15 is 0 Å². The van der Waals surface area contributed by atoms with Crippen LogP contribution in [0, 0.1) is 0 Å². The molecule has 7 heteroatoms. The second kappa shape index (κ2) is 13.6. The van der Waals surface area contributed by atoms with Gasteiger partial charge in [-0.15, -0.1) is 0 Å². The van der Waals surface area contributed by atoms with E-state index in [1.165, 1.54) is 6.07 Å². The van der Waals surface area contributed by atoms with Crippen LogP contribution >= 0.6 is 0 Å². The first-order chi connectivity index (χ1) is 20.7. The molecule has 0 unspecified atom stereocenters. The van der Waals surface area contributed by atoms with Gasteiger partial charge >= 0.3 is 0 Å². The molecule has 0 aliphatic rings. The summed E-state index contributed by atoms with van der Waals surface area (Å²) in [6, 6.07) is 31.8. The van der Waals surface area contributed by atoms with Crippen LogP contribution in [-0.4, -0.2) is 29.9 Å². The van der Waals surface area contributed by atoms with Crippen molar-refractivity contribution in [1.29, 1.82) is 0 Å². The number of hydrogen-bond acceptors (Lipinski definition) is 7. The average Bonchev–Trinajstić information content (AvgIpc) is 3.01. The topological polar surface area (TPSA) is 90.2 Å². The van der Waals surface area contributed by atoms with Gasteiger partial charge in [0.2, 0.25) is 0 Å². The molecule has 0 saturated carbocycles. The third-order valence-corrected chi connectivity index (χ3v) is 6.67. The van der Waals surface area contributed by atoms with Crippen LogP contribution in [0.2, 0.25) is 0 Å². The van der Waals surface area contributed by atoms with Crippen LogP contribution in [0.25, 0.3) is 22.3 Å². The first-order valence-electron chi connectivity index (χ1n) is 14.3. The molecule has 0 radical (unpaired) electrons. The fraction of sp³-hybridized carbons (Fsp3) is 0.250. The van der Waals surface area contributed by atoms with Crippen molar-refractivity contribution in [1.82, 2.24) is 5.32 Å². The molecule has 2 N–H and O–H groups in total. The zero-order valence-electron chi connectivity index (χ0n) is 24.7. The minimum Gasteiger partial charge on any atom is -0.491 e. The summed E-state index contributed by atoms with van der Waals surface area (Å²) in [5.41, 5.74) is 2.79. The smallest absolute Gasteiger partial charge is 0.193 e. The van der Waals surface area contributed by atoms with Gasteiger partial charge in [-0.25, -0.2) is 0 Å². The van der Waals surface area contributed by atoms with E-state index in [0.717, 1.165) is 11.1 Å². The van der Waals surface area contributed by atoms with Crippen molar-refractivity contribution < 1.29 is 23.7 Å². The van der Waals surface area contributed by atoms with Crippen molar-refractivity contribution in [2.75, 3.05) is 13.2 Å². The Hall–Kier alpha value is -4.59. The van der Waals surface area contributed by atoms with Gasteiger partial charge in [0.1, 0.15) is 54.5 Å². The highest BCUT2D eigenvalue weighted by Gasteiger charge is 2.15. The van der Waals surface area contributed by atoms with Crippen molar-refractivity contribution in [3.8, 4) is 28.6 Å². The summed E-state index contributed by atoms with van der Waals surface area (Å²) in [6.07, 6.45) is -0.693. The number of aliphatic hydroxyl groups is 1. The number of nitrogens with one attached hydrogen (secondary N) is 1. The molecule has 5 rings (SSSR count). The molecule has 0 spiro atoms. The van der Waals surface area contributed by atoms with Gasteiger partial charge in [-0.1, -0.05) is 60.7 Å². The summed E-state index contributed by atoms with van der Waals surface area (Å²) in [6.45, 7) is 7.35. The Bertz CT molecular complexity index is 1630. The quantitative estimate of drug-likeness (QED) is 0.169. The molecule has 0 fully saturated rings. The maximum atomic E-state index is 13.1. The van der Waals surface area contributed by atoms with Crippen molar-refractivity contribution in [3.05, 3.63) is 124 Å². The molecule has 0 saturated heterocycles. The van der Waals surface area contributed by atoms with Gasteiger partial charge in [0.05, 0.1) is 5.39 Å². The maximum absolute atomic E-state index is 13.1. The molecule has 7 nitrogen and oxygen atoms in total. The molecule has 0 bridgehead atoms. The van der Waals surface area contributed by atoms with E-state index in [9.17, 15) is 9.90 Å². The minimum absolute atomic E-state index is 0.0986. The number of hydrogen-bond donors (Lipinski definition) is 2. The van der Waals surface area contributed by atoms with Crippen LogP contribution in [0.3, 0.4) is 0 Å². The molecule has 5 aromatic rings. The lowest BCUT2D eigenvalue weighted by molar-refractivity contribution is 0.100. The van der Waals surface area contributed by atoms with Gasteiger partial charge in [0.15, 0.2) is 5.43 Å². The predicted octanol–water partition coefficient (Wildman–Crippen LogP) is 6.75. The predicted molar refractivity (Wildman–Crippen MR) is 169 cm³/mol. The van der Waals surface area contributed by atoms with Crippen LogP contribution < -0.4 is 25.0 Å². The lowest BCUT2D eigenvalue weighted by Crippen LogP contribution is -2.42. The zero-order chi connectivity index (χ0) is 30.2. The molecule has 1 heterocycles. The average molecular weight is 580 g/mol. The van der Waals surface area contributed by atoms with E-state index in [1.807, 2.05) is 99.6 Å². The van der Waals surface area contributed by atoms with E-state index in [4.69, 9.17) is 18.6 Å². The van der Waals surface area contributed by atoms with Gasteiger partial charge in [0, 0.05) is 35.8 Å². The molecule has 0 amide bonds. The normalized spacial score (nSPS) is 12.2. The third kappa shape index (κ3) is 8.70. The Morgan fingerprint density at radius 3 is 1.93 bits per heavy atom. The molecule has 222 valence electrons. The molecular formula is C36H37NO6. The Labute approximate surface area is 251 Å². The fourth-order valence-corrected chi connectivity index (χ4v) is 4.41.